The Bertz CT molecular complexity index is 212. The molecule has 0 unspecified atom stereocenters. The molecule has 1 rings (SSSR count). The average molecular weight is 138 g/mol. The fourth-order valence-electron chi connectivity index (χ4n) is 0.501. The summed E-state index contributed by atoms with van der Waals surface area (Å²) in [6, 6.07) is 1.93. The second-order valence-corrected chi connectivity index (χ2v) is 1.61. The van der Waals surface area contributed by atoms with E-state index in [0.717, 1.165) is 0 Å². The number of aromatic nitrogens is 2. The maximum Gasteiger partial charge on any atom is 0.213 e. The second-order valence-electron chi connectivity index (χ2n) is 1.61. The van der Waals surface area contributed by atoms with Crippen molar-refractivity contribution in [3.63, 3.8) is 0 Å². The Kier molecular flexibility index (Phi) is 2.40. The summed E-state index contributed by atoms with van der Waals surface area (Å²) in [6.07, 6.45) is 1.25. The molecule has 5 nitrogen and oxygen atoms in total. The molecule has 0 radical (unpaired) electrons. The minimum atomic E-state index is 0.300. The van der Waals surface area contributed by atoms with Crippen LogP contribution in [0.1, 0.15) is 5.82 Å². The van der Waals surface area contributed by atoms with Crippen LogP contribution >= 0.6 is 0 Å². The summed E-state index contributed by atoms with van der Waals surface area (Å²) in [4.78, 5) is 3.74. The predicted octanol–water partition coefficient (Wildman–Crippen LogP) is -0.317. The van der Waals surface area contributed by atoms with E-state index in [4.69, 9.17) is 5.26 Å². The van der Waals surface area contributed by atoms with Gasteiger partial charge in [-0.3, -0.25) is 5.32 Å². The van der Waals surface area contributed by atoms with E-state index in [1.807, 2.05) is 6.07 Å². The van der Waals surface area contributed by atoms with E-state index in [1.54, 1.807) is 0 Å². The third-order valence-electron chi connectivity index (χ3n) is 0.894. The molecule has 0 aromatic carbocycles. The van der Waals surface area contributed by atoms with Gasteiger partial charge < -0.3 is 4.52 Å². The van der Waals surface area contributed by atoms with Crippen LogP contribution in [-0.2, 0) is 6.54 Å². The normalized spacial score (nSPS) is 9.10. The largest absolute Gasteiger partial charge is 0.343 e. The number of nitrogens with one attached hydrogen (secondary N) is 1. The van der Waals surface area contributed by atoms with Crippen molar-refractivity contribution >= 4 is 0 Å². The van der Waals surface area contributed by atoms with Crippen LogP contribution in [0.5, 0.6) is 0 Å². The summed E-state index contributed by atoms with van der Waals surface area (Å²) >= 11 is 0. The standard InChI is InChI=1S/C5H6N4O/c6-1-2-7-3-5-8-4-10-9-5/h4,7H,2-3H2. The van der Waals surface area contributed by atoms with Crippen LogP contribution in [0.3, 0.4) is 0 Å². The Morgan fingerprint density at radius 2 is 2.70 bits per heavy atom. The maximum atomic E-state index is 8.12. The quantitative estimate of drug-likeness (QED) is 0.457. The zero-order chi connectivity index (χ0) is 7.23. The van der Waals surface area contributed by atoms with Crippen molar-refractivity contribution in [1.29, 1.82) is 5.26 Å². The van der Waals surface area contributed by atoms with E-state index in [9.17, 15) is 0 Å². The third kappa shape index (κ3) is 1.84. The molecule has 0 aliphatic rings. The Balaban J connectivity index is 2.23. The molecule has 5 heteroatoms. The third-order valence-corrected chi connectivity index (χ3v) is 0.894. The van der Waals surface area contributed by atoms with Crippen LogP contribution in [0.15, 0.2) is 10.9 Å². The molecule has 1 aromatic heterocycles. The highest BCUT2D eigenvalue weighted by atomic mass is 16.5. The van der Waals surface area contributed by atoms with Gasteiger partial charge in [0.2, 0.25) is 6.39 Å². The average Bonchev–Trinajstić information content (AvgIpc) is 2.41. The summed E-state index contributed by atoms with van der Waals surface area (Å²) < 4.78 is 4.46. The lowest BCUT2D eigenvalue weighted by Crippen LogP contribution is -2.13. The SMILES string of the molecule is N#CCNCc1ncon1. The van der Waals surface area contributed by atoms with Gasteiger partial charge in [0, 0.05) is 0 Å². The highest BCUT2D eigenvalue weighted by Crippen LogP contribution is 1.84. The topological polar surface area (TPSA) is 74.7 Å². The second kappa shape index (κ2) is 3.58. The highest BCUT2D eigenvalue weighted by molar-refractivity contribution is 4.80. The van der Waals surface area contributed by atoms with Crippen LogP contribution in [0, 0.1) is 11.3 Å². The summed E-state index contributed by atoms with van der Waals surface area (Å²) in [5.41, 5.74) is 0. The van der Waals surface area contributed by atoms with E-state index in [2.05, 4.69) is 20.0 Å². The highest BCUT2D eigenvalue weighted by Gasteiger charge is 1.94. The Hall–Kier alpha value is -1.41. The van der Waals surface area contributed by atoms with Gasteiger partial charge in [-0.1, -0.05) is 5.16 Å². The molecule has 0 aliphatic carbocycles. The molecule has 0 spiro atoms. The molecule has 0 amide bonds. The van der Waals surface area contributed by atoms with Gasteiger partial charge in [0.05, 0.1) is 19.2 Å². The van der Waals surface area contributed by atoms with Crippen molar-refractivity contribution in [3.8, 4) is 6.07 Å². The molecule has 0 fully saturated rings. The smallest absolute Gasteiger partial charge is 0.213 e. The minimum Gasteiger partial charge on any atom is -0.343 e. The zero-order valence-electron chi connectivity index (χ0n) is 5.24. The van der Waals surface area contributed by atoms with Crippen LogP contribution in [0.25, 0.3) is 0 Å². The van der Waals surface area contributed by atoms with Gasteiger partial charge in [-0.15, -0.1) is 0 Å². The minimum absolute atomic E-state index is 0.300. The van der Waals surface area contributed by atoms with E-state index in [-0.39, 0.29) is 0 Å². The fraction of sp³-hybridized carbons (Fsp3) is 0.400. The number of hydrogen-bond acceptors (Lipinski definition) is 5. The van der Waals surface area contributed by atoms with Crippen molar-refractivity contribution in [1.82, 2.24) is 15.5 Å². The van der Waals surface area contributed by atoms with Gasteiger partial charge in [-0.05, 0) is 0 Å². The molecule has 1 aromatic rings. The molecule has 0 atom stereocenters. The molecule has 1 heterocycles. The maximum absolute atomic E-state index is 8.12. The first-order chi connectivity index (χ1) is 4.93. The number of rotatable bonds is 3. The van der Waals surface area contributed by atoms with E-state index < -0.39 is 0 Å². The lowest BCUT2D eigenvalue weighted by atomic mass is 10.6. The Morgan fingerprint density at radius 3 is 3.30 bits per heavy atom. The van der Waals surface area contributed by atoms with Crippen molar-refractivity contribution in [2.75, 3.05) is 6.54 Å². The summed E-state index contributed by atoms with van der Waals surface area (Å²) in [7, 11) is 0. The van der Waals surface area contributed by atoms with E-state index >= 15 is 0 Å². The molecule has 10 heavy (non-hydrogen) atoms. The molecule has 0 saturated carbocycles. The molecule has 0 bridgehead atoms. The van der Waals surface area contributed by atoms with Gasteiger partial charge >= 0.3 is 0 Å². The Morgan fingerprint density at radius 1 is 1.80 bits per heavy atom. The first-order valence-corrected chi connectivity index (χ1v) is 2.76. The summed E-state index contributed by atoms with van der Waals surface area (Å²) in [6.45, 7) is 0.776. The van der Waals surface area contributed by atoms with Crippen molar-refractivity contribution in [2.24, 2.45) is 0 Å². The first kappa shape index (κ1) is 6.71. The number of hydrogen-bond donors (Lipinski definition) is 1. The molecule has 0 aliphatic heterocycles. The van der Waals surface area contributed by atoms with Gasteiger partial charge in [0.1, 0.15) is 0 Å². The molecular formula is C5H6N4O. The number of nitrogens with zero attached hydrogens (tertiary/aromatic N) is 3. The molecule has 0 saturated heterocycles. The predicted molar refractivity (Wildman–Crippen MR) is 31.6 cm³/mol. The van der Waals surface area contributed by atoms with Gasteiger partial charge in [-0.25, -0.2) is 0 Å². The van der Waals surface area contributed by atoms with E-state index in [1.165, 1.54) is 6.39 Å². The Labute approximate surface area is 57.7 Å². The lowest BCUT2D eigenvalue weighted by molar-refractivity contribution is 0.408. The monoisotopic (exact) mass is 138 g/mol. The van der Waals surface area contributed by atoms with Gasteiger partial charge in [-0.2, -0.15) is 10.2 Å². The van der Waals surface area contributed by atoms with Crippen molar-refractivity contribution in [3.05, 3.63) is 12.2 Å². The summed E-state index contributed by atoms with van der Waals surface area (Å²) in [5, 5.41) is 14.4. The zero-order valence-corrected chi connectivity index (χ0v) is 5.24. The fourth-order valence-corrected chi connectivity index (χ4v) is 0.501. The van der Waals surface area contributed by atoms with Crippen LogP contribution < -0.4 is 5.32 Å². The van der Waals surface area contributed by atoms with Crippen molar-refractivity contribution in [2.45, 2.75) is 6.54 Å². The van der Waals surface area contributed by atoms with Crippen LogP contribution in [0.2, 0.25) is 0 Å². The molecule has 52 valence electrons. The lowest BCUT2D eigenvalue weighted by Gasteiger charge is -1.89. The van der Waals surface area contributed by atoms with Crippen molar-refractivity contribution < 1.29 is 4.52 Å². The molecule has 1 N–H and O–H groups in total. The van der Waals surface area contributed by atoms with Gasteiger partial charge in [0.15, 0.2) is 5.82 Å². The van der Waals surface area contributed by atoms with Crippen LogP contribution in [-0.4, -0.2) is 16.7 Å². The van der Waals surface area contributed by atoms with E-state index in [0.29, 0.717) is 18.9 Å². The van der Waals surface area contributed by atoms with Crippen LogP contribution in [0.4, 0.5) is 0 Å². The van der Waals surface area contributed by atoms with Gasteiger partial charge in [0.25, 0.3) is 0 Å². The number of nitriles is 1. The molecular weight excluding hydrogens is 132 g/mol. The first-order valence-electron chi connectivity index (χ1n) is 2.76. The summed E-state index contributed by atoms with van der Waals surface area (Å²) in [5.74, 6) is 0.565.